The van der Waals surface area contributed by atoms with Crippen molar-refractivity contribution in [3.8, 4) is 0 Å². The van der Waals surface area contributed by atoms with Gasteiger partial charge in [0, 0.05) is 29.7 Å². The summed E-state index contributed by atoms with van der Waals surface area (Å²) in [6.45, 7) is 1.73. The van der Waals surface area contributed by atoms with E-state index in [1.54, 1.807) is 31.5 Å². The fraction of sp³-hybridized carbons (Fsp3) is 0.500. The van der Waals surface area contributed by atoms with Gasteiger partial charge in [0.2, 0.25) is 5.91 Å². The van der Waals surface area contributed by atoms with E-state index < -0.39 is 0 Å². The van der Waals surface area contributed by atoms with Crippen LogP contribution in [0.1, 0.15) is 55.8 Å². The first-order valence-electron chi connectivity index (χ1n) is 7.68. The number of carbonyl (C=O) groups excluding carboxylic acids is 2. The van der Waals surface area contributed by atoms with Crippen LogP contribution >= 0.6 is 0 Å². The van der Waals surface area contributed by atoms with Gasteiger partial charge in [0.1, 0.15) is 0 Å². The molecule has 0 aliphatic heterocycles. The molecule has 1 aromatic heterocycles. The van der Waals surface area contributed by atoms with Gasteiger partial charge < -0.3 is 5.32 Å². The maximum Gasteiger partial charge on any atom is 0.271 e. The first kappa shape index (κ1) is 16.1. The second-order valence-corrected chi connectivity index (χ2v) is 5.60. The molecule has 0 saturated heterocycles. The van der Waals surface area contributed by atoms with E-state index in [0.29, 0.717) is 17.3 Å². The fourth-order valence-corrected chi connectivity index (χ4v) is 2.51. The molecule has 22 heavy (non-hydrogen) atoms. The summed E-state index contributed by atoms with van der Waals surface area (Å²) in [5, 5.41) is 7.00. The fourth-order valence-electron chi connectivity index (χ4n) is 2.51. The summed E-state index contributed by atoms with van der Waals surface area (Å²) in [5.41, 5.74) is 3.51. The van der Waals surface area contributed by atoms with Crippen molar-refractivity contribution in [3.05, 3.63) is 30.1 Å². The second kappa shape index (κ2) is 8.26. The Kier molecular flexibility index (Phi) is 6.06. The van der Waals surface area contributed by atoms with Gasteiger partial charge >= 0.3 is 0 Å². The summed E-state index contributed by atoms with van der Waals surface area (Å²) in [5.74, 6) is -0.347. The standard InChI is InChI=1S/C16H22N4O2/c1-12(11-15(21)18-14-5-3-2-4-6-14)19-20-16(22)13-7-9-17-10-8-13/h7-10,14H,2-6,11H2,1H3,(H,18,21)(H,20,22)/b19-12-. The Morgan fingerprint density at radius 2 is 1.91 bits per heavy atom. The van der Waals surface area contributed by atoms with E-state index in [1.807, 2.05) is 0 Å². The van der Waals surface area contributed by atoms with Crippen LogP contribution in [-0.4, -0.2) is 28.6 Å². The Morgan fingerprint density at radius 3 is 2.59 bits per heavy atom. The Hall–Kier alpha value is -2.24. The highest BCUT2D eigenvalue weighted by molar-refractivity contribution is 6.01. The molecule has 0 unspecified atom stereocenters. The number of hydrogen-bond donors (Lipinski definition) is 2. The Bertz CT molecular complexity index is 536. The lowest BCUT2D eigenvalue weighted by molar-refractivity contribution is -0.120. The van der Waals surface area contributed by atoms with Crippen LogP contribution in [0.4, 0.5) is 0 Å². The predicted molar refractivity (Wildman–Crippen MR) is 84.4 cm³/mol. The molecule has 0 bridgehead atoms. The molecule has 1 fully saturated rings. The van der Waals surface area contributed by atoms with E-state index in [2.05, 4.69) is 20.8 Å². The average Bonchev–Trinajstić information content (AvgIpc) is 2.54. The molecule has 2 N–H and O–H groups in total. The van der Waals surface area contributed by atoms with Crippen LogP contribution in [0.15, 0.2) is 29.6 Å². The molecule has 6 heteroatoms. The van der Waals surface area contributed by atoms with E-state index in [1.165, 1.54) is 19.3 Å². The van der Waals surface area contributed by atoms with E-state index in [0.717, 1.165) is 12.8 Å². The lowest BCUT2D eigenvalue weighted by Gasteiger charge is -2.22. The van der Waals surface area contributed by atoms with Crippen molar-refractivity contribution in [2.24, 2.45) is 5.10 Å². The van der Waals surface area contributed by atoms with Crippen LogP contribution in [0.5, 0.6) is 0 Å². The number of nitrogens with one attached hydrogen (secondary N) is 2. The molecule has 2 amide bonds. The summed E-state index contributed by atoms with van der Waals surface area (Å²) >= 11 is 0. The zero-order chi connectivity index (χ0) is 15.8. The second-order valence-electron chi connectivity index (χ2n) is 5.60. The van der Waals surface area contributed by atoms with Crippen molar-refractivity contribution in [3.63, 3.8) is 0 Å². The Morgan fingerprint density at radius 1 is 1.23 bits per heavy atom. The van der Waals surface area contributed by atoms with Gasteiger partial charge in [-0.05, 0) is 31.9 Å². The number of aromatic nitrogens is 1. The minimum atomic E-state index is -0.311. The Labute approximate surface area is 130 Å². The third-order valence-electron chi connectivity index (χ3n) is 3.68. The smallest absolute Gasteiger partial charge is 0.271 e. The van der Waals surface area contributed by atoms with Crippen molar-refractivity contribution < 1.29 is 9.59 Å². The molecule has 0 atom stereocenters. The zero-order valence-corrected chi connectivity index (χ0v) is 12.8. The molecule has 1 saturated carbocycles. The number of pyridine rings is 1. The molecular weight excluding hydrogens is 280 g/mol. The van der Waals surface area contributed by atoms with Gasteiger partial charge in [0.15, 0.2) is 0 Å². The number of hydrogen-bond acceptors (Lipinski definition) is 4. The van der Waals surface area contributed by atoms with Crippen LogP contribution in [0.2, 0.25) is 0 Å². The van der Waals surface area contributed by atoms with Gasteiger partial charge in [-0.15, -0.1) is 0 Å². The van der Waals surface area contributed by atoms with Crippen LogP contribution in [0.25, 0.3) is 0 Å². The highest BCUT2D eigenvalue weighted by Crippen LogP contribution is 2.17. The predicted octanol–water partition coefficient (Wildman–Crippen LogP) is 2.03. The molecule has 118 valence electrons. The van der Waals surface area contributed by atoms with Gasteiger partial charge in [0.05, 0.1) is 6.42 Å². The van der Waals surface area contributed by atoms with Crippen molar-refractivity contribution in [1.29, 1.82) is 0 Å². The number of amides is 2. The van der Waals surface area contributed by atoms with Crippen LogP contribution in [0, 0.1) is 0 Å². The molecule has 0 radical (unpaired) electrons. The molecule has 0 aromatic carbocycles. The molecule has 6 nitrogen and oxygen atoms in total. The first-order chi connectivity index (χ1) is 10.6. The highest BCUT2D eigenvalue weighted by Gasteiger charge is 2.16. The minimum Gasteiger partial charge on any atom is -0.353 e. The third kappa shape index (κ3) is 5.27. The lowest BCUT2D eigenvalue weighted by atomic mass is 9.95. The molecule has 2 rings (SSSR count). The van der Waals surface area contributed by atoms with Gasteiger partial charge in [-0.1, -0.05) is 19.3 Å². The van der Waals surface area contributed by atoms with Crippen LogP contribution in [-0.2, 0) is 4.79 Å². The van der Waals surface area contributed by atoms with Gasteiger partial charge in [0.25, 0.3) is 5.91 Å². The SMILES string of the molecule is C/C(CC(=O)NC1CCCCC1)=N/NC(=O)c1ccncc1. The quantitative estimate of drug-likeness (QED) is 0.645. The summed E-state index contributed by atoms with van der Waals surface area (Å²) in [6, 6.07) is 3.51. The number of hydrazone groups is 1. The molecule has 1 aliphatic carbocycles. The molecule has 0 spiro atoms. The number of rotatable bonds is 5. The van der Waals surface area contributed by atoms with Gasteiger partial charge in [-0.25, -0.2) is 5.43 Å². The van der Waals surface area contributed by atoms with E-state index in [4.69, 9.17) is 0 Å². The normalized spacial score (nSPS) is 16.1. The largest absolute Gasteiger partial charge is 0.353 e. The summed E-state index contributed by atoms with van der Waals surface area (Å²) in [7, 11) is 0. The summed E-state index contributed by atoms with van der Waals surface area (Å²) in [4.78, 5) is 27.6. The lowest BCUT2D eigenvalue weighted by Crippen LogP contribution is -2.37. The highest BCUT2D eigenvalue weighted by atomic mass is 16.2. The van der Waals surface area contributed by atoms with Crippen molar-refractivity contribution in [2.75, 3.05) is 0 Å². The van der Waals surface area contributed by atoms with Gasteiger partial charge in [-0.2, -0.15) is 5.10 Å². The third-order valence-corrected chi connectivity index (χ3v) is 3.68. The monoisotopic (exact) mass is 302 g/mol. The number of carbonyl (C=O) groups is 2. The van der Waals surface area contributed by atoms with E-state index in [9.17, 15) is 9.59 Å². The van der Waals surface area contributed by atoms with E-state index >= 15 is 0 Å². The molecule has 1 aromatic rings. The Balaban J connectivity index is 1.77. The summed E-state index contributed by atoms with van der Waals surface area (Å²) in [6.07, 6.45) is 9.02. The zero-order valence-electron chi connectivity index (χ0n) is 12.8. The topological polar surface area (TPSA) is 83.5 Å². The summed E-state index contributed by atoms with van der Waals surface area (Å²) < 4.78 is 0. The minimum absolute atomic E-state index is 0.0358. The van der Waals surface area contributed by atoms with Crippen molar-refractivity contribution in [2.45, 2.75) is 51.5 Å². The van der Waals surface area contributed by atoms with Gasteiger partial charge in [-0.3, -0.25) is 14.6 Å². The molecule has 1 heterocycles. The van der Waals surface area contributed by atoms with Crippen molar-refractivity contribution in [1.82, 2.24) is 15.7 Å². The average molecular weight is 302 g/mol. The van der Waals surface area contributed by atoms with Crippen LogP contribution in [0.3, 0.4) is 0 Å². The maximum absolute atomic E-state index is 11.9. The molecular formula is C16H22N4O2. The number of nitrogens with zero attached hydrogens (tertiary/aromatic N) is 2. The van der Waals surface area contributed by atoms with E-state index in [-0.39, 0.29) is 18.2 Å². The maximum atomic E-state index is 11.9. The molecule has 1 aliphatic rings. The van der Waals surface area contributed by atoms with Crippen molar-refractivity contribution >= 4 is 17.5 Å². The van der Waals surface area contributed by atoms with Crippen LogP contribution < -0.4 is 10.7 Å². The first-order valence-corrected chi connectivity index (χ1v) is 7.68.